The Morgan fingerprint density at radius 3 is 2.48 bits per heavy atom. The Balaban J connectivity index is 1.70. The van der Waals surface area contributed by atoms with Crippen molar-refractivity contribution in [3.05, 3.63) is 53.9 Å². The number of fused-ring (bicyclic) bond motifs is 2. The maximum absolute atomic E-state index is 13.2. The molecule has 6 nitrogen and oxygen atoms in total. The molecule has 0 spiro atoms. The first kappa shape index (κ1) is 21.3. The number of aryl methyl sites for hydroxylation is 1. The number of hydrogen-bond acceptors (Lipinski definition) is 4. The van der Waals surface area contributed by atoms with E-state index >= 15 is 0 Å². The summed E-state index contributed by atoms with van der Waals surface area (Å²) < 4.78 is 43.4. The highest BCUT2D eigenvalue weighted by Gasteiger charge is 2.31. The molecule has 0 fully saturated rings. The van der Waals surface area contributed by atoms with Crippen LogP contribution >= 0.6 is 0 Å². The maximum Gasteiger partial charge on any atom is 0.416 e. The lowest BCUT2D eigenvalue weighted by molar-refractivity contribution is -0.137. The summed E-state index contributed by atoms with van der Waals surface area (Å²) >= 11 is 0. The van der Waals surface area contributed by atoms with Gasteiger partial charge in [-0.2, -0.15) is 13.2 Å². The van der Waals surface area contributed by atoms with Crippen LogP contribution in [0.1, 0.15) is 31.7 Å². The second kappa shape index (κ2) is 8.66. The molecular weight excluding hydrogens is 405 g/mol. The lowest BCUT2D eigenvalue weighted by Gasteiger charge is -2.18. The monoisotopic (exact) mass is 430 g/mol. The van der Waals surface area contributed by atoms with Crippen molar-refractivity contribution in [3.63, 3.8) is 0 Å². The van der Waals surface area contributed by atoms with Gasteiger partial charge in [0.05, 0.1) is 22.1 Å². The summed E-state index contributed by atoms with van der Waals surface area (Å²) in [4.78, 5) is 6.89. The number of alkyl halides is 3. The number of aromatic nitrogens is 5. The molecule has 0 aliphatic heterocycles. The fraction of sp³-hybridized carbons (Fsp3) is 0.409. The Morgan fingerprint density at radius 1 is 0.968 bits per heavy atom. The second-order valence-corrected chi connectivity index (χ2v) is 7.50. The molecule has 164 valence electrons. The molecule has 2 aromatic carbocycles. The van der Waals surface area contributed by atoms with E-state index in [1.807, 2.05) is 28.8 Å². The minimum absolute atomic E-state index is 0.335. The molecule has 4 rings (SSSR count). The van der Waals surface area contributed by atoms with Gasteiger partial charge in [-0.15, -0.1) is 5.10 Å². The van der Waals surface area contributed by atoms with E-state index in [1.165, 1.54) is 6.07 Å². The first-order valence-corrected chi connectivity index (χ1v) is 10.5. The zero-order valence-electron chi connectivity index (χ0n) is 17.6. The zero-order valence-corrected chi connectivity index (χ0v) is 17.6. The van der Waals surface area contributed by atoms with Crippen molar-refractivity contribution < 1.29 is 13.2 Å². The fourth-order valence-electron chi connectivity index (χ4n) is 3.89. The summed E-state index contributed by atoms with van der Waals surface area (Å²) in [6.07, 6.45) is -3.53. The summed E-state index contributed by atoms with van der Waals surface area (Å²) in [6, 6.07) is 11.4. The molecule has 0 radical (unpaired) electrons. The molecule has 0 N–H and O–H groups in total. The Kier molecular flexibility index (Phi) is 5.95. The topological polar surface area (TPSA) is 51.8 Å². The maximum atomic E-state index is 13.2. The van der Waals surface area contributed by atoms with Gasteiger partial charge in [0.25, 0.3) is 0 Å². The van der Waals surface area contributed by atoms with Crippen LogP contribution in [-0.2, 0) is 19.3 Å². The van der Waals surface area contributed by atoms with Gasteiger partial charge in [0, 0.05) is 6.54 Å². The van der Waals surface area contributed by atoms with Crippen LogP contribution in [0, 0.1) is 0 Å². The van der Waals surface area contributed by atoms with Gasteiger partial charge >= 0.3 is 6.18 Å². The van der Waals surface area contributed by atoms with Crippen LogP contribution in [-0.4, -0.2) is 49.1 Å². The molecule has 0 atom stereocenters. The third-order valence-corrected chi connectivity index (χ3v) is 5.62. The lowest BCUT2D eigenvalue weighted by atomic mass is 10.2. The van der Waals surface area contributed by atoms with Gasteiger partial charge in [0.15, 0.2) is 0 Å². The molecule has 4 aromatic rings. The van der Waals surface area contributed by atoms with E-state index in [4.69, 9.17) is 0 Å². The summed E-state index contributed by atoms with van der Waals surface area (Å²) in [6.45, 7) is 8.09. The second-order valence-electron chi connectivity index (χ2n) is 7.50. The molecule has 0 unspecified atom stereocenters. The van der Waals surface area contributed by atoms with E-state index in [-0.39, 0.29) is 0 Å². The largest absolute Gasteiger partial charge is 0.416 e. The quantitative estimate of drug-likeness (QED) is 0.411. The fourth-order valence-corrected chi connectivity index (χ4v) is 3.89. The smallest absolute Gasteiger partial charge is 0.326 e. The molecule has 2 aromatic heterocycles. The number of para-hydroxylation sites is 1. The summed E-state index contributed by atoms with van der Waals surface area (Å²) in [5, 5.41) is 8.39. The van der Waals surface area contributed by atoms with Crippen molar-refractivity contribution in [2.45, 2.75) is 39.5 Å². The van der Waals surface area contributed by atoms with E-state index < -0.39 is 11.7 Å². The first-order chi connectivity index (χ1) is 14.9. The summed E-state index contributed by atoms with van der Waals surface area (Å²) in [7, 11) is 0. The van der Waals surface area contributed by atoms with Crippen molar-refractivity contribution >= 4 is 22.1 Å². The highest BCUT2D eigenvalue weighted by molar-refractivity contribution is 5.77. The van der Waals surface area contributed by atoms with Gasteiger partial charge in [0.2, 0.25) is 0 Å². The summed E-state index contributed by atoms with van der Waals surface area (Å²) in [5.41, 5.74) is 1.99. The van der Waals surface area contributed by atoms with Crippen molar-refractivity contribution in [2.24, 2.45) is 0 Å². The third-order valence-electron chi connectivity index (χ3n) is 5.62. The SMILES string of the molecule is CCN(CC)CCCn1c(Cn2nnc3ccccc32)nc2cc(C(F)(F)F)ccc21. The predicted octanol–water partition coefficient (Wildman–Crippen LogP) is 4.58. The van der Waals surface area contributed by atoms with Crippen molar-refractivity contribution in [1.29, 1.82) is 0 Å². The average molecular weight is 430 g/mol. The molecular formula is C22H25F3N6. The number of rotatable bonds is 8. The van der Waals surface area contributed by atoms with Gasteiger partial charge < -0.3 is 9.47 Å². The highest BCUT2D eigenvalue weighted by atomic mass is 19.4. The van der Waals surface area contributed by atoms with Crippen LogP contribution in [0.4, 0.5) is 13.2 Å². The number of benzene rings is 2. The van der Waals surface area contributed by atoms with E-state index in [2.05, 4.69) is 34.0 Å². The van der Waals surface area contributed by atoms with E-state index in [9.17, 15) is 13.2 Å². The Hall–Kier alpha value is -2.94. The van der Waals surface area contributed by atoms with Crippen LogP contribution in [0.5, 0.6) is 0 Å². The molecule has 2 heterocycles. The predicted molar refractivity (Wildman–Crippen MR) is 114 cm³/mol. The van der Waals surface area contributed by atoms with Crippen molar-refractivity contribution in [2.75, 3.05) is 19.6 Å². The van der Waals surface area contributed by atoms with Gasteiger partial charge in [0.1, 0.15) is 17.9 Å². The molecule has 31 heavy (non-hydrogen) atoms. The van der Waals surface area contributed by atoms with E-state index in [0.29, 0.717) is 29.9 Å². The van der Waals surface area contributed by atoms with E-state index in [1.54, 1.807) is 4.68 Å². The molecule has 0 aliphatic rings. The Labute approximate surface area is 178 Å². The first-order valence-electron chi connectivity index (χ1n) is 10.5. The molecule has 0 saturated carbocycles. The number of halogens is 3. The normalized spacial score (nSPS) is 12.5. The van der Waals surface area contributed by atoms with Gasteiger partial charge in [-0.1, -0.05) is 31.2 Å². The minimum Gasteiger partial charge on any atom is -0.326 e. The van der Waals surface area contributed by atoms with Crippen molar-refractivity contribution in [3.8, 4) is 0 Å². The van der Waals surface area contributed by atoms with Crippen LogP contribution in [0.2, 0.25) is 0 Å². The molecule has 9 heteroatoms. The van der Waals surface area contributed by atoms with Crippen LogP contribution < -0.4 is 0 Å². The van der Waals surface area contributed by atoms with Gasteiger partial charge in [-0.3, -0.25) is 0 Å². The standard InChI is InChI=1S/C22H25F3N6/c1-3-29(4-2)12-7-13-30-19-11-10-16(22(23,24)25)14-18(19)26-21(30)15-31-20-9-6-5-8-17(20)27-28-31/h5-6,8-11,14H,3-4,7,12-13,15H2,1-2H3. The number of imidazole rings is 1. The molecule has 0 saturated heterocycles. The van der Waals surface area contributed by atoms with Crippen LogP contribution in [0.25, 0.3) is 22.1 Å². The molecule has 0 aliphatic carbocycles. The average Bonchev–Trinajstić information content (AvgIpc) is 3.32. The Morgan fingerprint density at radius 2 is 1.74 bits per heavy atom. The minimum atomic E-state index is -4.40. The highest BCUT2D eigenvalue weighted by Crippen LogP contribution is 2.31. The lowest BCUT2D eigenvalue weighted by Crippen LogP contribution is -2.25. The van der Waals surface area contributed by atoms with E-state index in [0.717, 1.165) is 49.2 Å². The number of nitrogens with zero attached hydrogens (tertiary/aromatic N) is 6. The third kappa shape index (κ3) is 4.41. The van der Waals surface area contributed by atoms with Crippen molar-refractivity contribution in [1.82, 2.24) is 29.4 Å². The van der Waals surface area contributed by atoms with Gasteiger partial charge in [-0.05, 0) is 56.4 Å². The summed E-state index contributed by atoms with van der Waals surface area (Å²) in [5.74, 6) is 0.671. The molecule has 0 amide bonds. The Bertz CT molecular complexity index is 1170. The molecule has 0 bridgehead atoms. The van der Waals surface area contributed by atoms with Crippen LogP contribution in [0.15, 0.2) is 42.5 Å². The number of hydrogen-bond donors (Lipinski definition) is 0. The van der Waals surface area contributed by atoms with Gasteiger partial charge in [-0.25, -0.2) is 9.67 Å². The zero-order chi connectivity index (χ0) is 22.0. The van der Waals surface area contributed by atoms with Crippen LogP contribution in [0.3, 0.4) is 0 Å².